The van der Waals surface area contributed by atoms with E-state index in [4.69, 9.17) is 14.6 Å². The average Bonchev–Trinajstić information content (AvgIpc) is 2.52. The molecule has 0 radical (unpaired) electrons. The van der Waals surface area contributed by atoms with Gasteiger partial charge in [-0.1, -0.05) is 0 Å². The van der Waals surface area contributed by atoms with Gasteiger partial charge in [0, 0.05) is 0 Å². The average molecular weight is 200 g/mol. The molecule has 0 spiro atoms. The van der Waals surface area contributed by atoms with Crippen molar-refractivity contribution in [2.24, 2.45) is 0 Å². The number of aromatic carboxylic acids is 1. The summed E-state index contributed by atoms with van der Waals surface area (Å²) in [4.78, 5) is 20.4. The Kier molecular flexibility index (Phi) is 3.24. The van der Waals surface area contributed by atoms with Crippen LogP contribution >= 0.6 is 0 Å². The second-order valence-corrected chi connectivity index (χ2v) is 2.46. The summed E-state index contributed by atoms with van der Waals surface area (Å²) in [7, 11) is 0. The van der Waals surface area contributed by atoms with Crippen LogP contribution in [0.4, 0.5) is 0 Å². The highest BCUT2D eigenvalue weighted by Crippen LogP contribution is 2.08. The number of hydrogen-bond donors (Lipinski definition) is 2. The van der Waals surface area contributed by atoms with Crippen LogP contribution in [0.2, 0.25) is 0 Å². The highest BCUT2D eigenvalue weighted by Gasteiger charge is 2.08. The second-order valence-electron chi connectivity index (χ2n) is 2.46. The van der Waals surface area contributed by atoms with E-state index in [1.165, 1.54) is 12.1 Å². The normalized spacial score (nSPS) is 10.0. The fourth-order valence-corrected chi connectivity index (χ4v) is 0.809. The molecule has 0 aliphatic carbocycles. The maximum Gasteiger partial charge on any atom is 0.371 e. The minimum atomic E-state index is -1.17. The molecule has 0 bridgehead atoms. The van der Waals surface area contributed by atoms with Gasteiger partial charge in [-0.3, -0.25) is 0 Å². The van der Waals surface area contributed by atoms with E-state index in [9.17, 15) is 9.59 Å². The number of carboxylic acid groups (broad SMARTS) is 2. The molecule has 0 unspecified atom stereocenters. The van der Waals surface area contributed by atoms with Crippen LogP contribution < -0.4 is 0 Å². The van der Waals surface area contributed by atoms with E-state index in [0.717, 1.165) is 0 Å². The molecule has 1 aromatic heterocycles. The molecule has 76 valence electrons. The smallest absolute Gasteiger partial charge is 0.371 e. The first kappa shape index (κ1) is 10.3. The summed E-state index contributed by atoms with van der Waals surface area (Å²) in [6.07, 6.45) is 0. The van der Waals surface area contributed by atoms with Crippen molar-refractivity contribution >= 4 is 11.9 Å². The third-order valence-corrected chi connectivity index (χ3v) is 1.34. The molecule has 0 saturated heterocycles. The molecule has 0 aliphatic heterocycles. The zero-order valence-corrected chi connectivity index (χ0v) is 7.10. The largest absolute Gasteiger partial charge is 0.480 e. The first-order valence-electron chi connectivity index (χ1n) is 3.71. The summed E-state index contributed by atoms with van der Waals surface area (Å²) >= 11 is 0. The van der Waals surface area contributed by atoms with Gasteiger partial charge in [-0.2, -0.15) is 0 Å². The molecule has 1 rings (SSSR count). The maximum absolute atomic E-state index is 10.4. The van der Waals surface area contributed by atoms with E-state index in [2.05, 4.69) is 4.74 Å². The number of aliphatic carboxylic acids is 1. The molecule has 0 aliphatic rings. The number of rotatable bonds is 5. The van der Waals surface area contributed by atoms with Gasteiger partial charge in [0.2, 0.25) is 5.76 Å². The van der Waals surface area contributed by atoms with Crippen molar-refractivity contribution in [3.63, 3.8) is 0 Å². The van der Waals surface area contributed by atoms with Crippen LogP contribution in [0.15, 0.2) is 16.5 Å². The minimum absolute atomic E-state index is 0.0560. The lowest BCUT2D eigenvalue weighted by atomic mass is 10.4. The monoisotopic (exact) mass is 200 g/mol. The molecule has 2 N–H and O–H groups in total. The molecule has 14 heavy (non-hydrogen) atoms. The Bertz CT molecular complexity index is 339. The van der Waals surface area contributed by atoms with Crippen LogP contribution in [0.1, 0.15) is 16.3 Å². The van der Waals surface area contributed by atoms with Crippen molar-refractivity contribution in [3.05, 3.63) is 23.7 Å². The molecule has 1 aromatic rings. The van der Waals surface area contributed by atoms with E-state index in [0.29, 0.717) is 0 Å². The van der Waals surface area contributed by atoms with Crippen LogP contribution in [-0.4, -0.2) is 28.8 Å². The Labute approximate surface area is 78.7 Å². The van der Waals surface area contributed by atoms with E-state index in [1.807, 2.05) is 0 Å². The molecule has 6 heteroatoms. The molecule has 1 heterocycles. The SMILES string of the molecule is O=C(O)COCc1ccc(C(=O)O)o1. The first-order chi connectivity index (χ1) is 6.59. The van der Waals surface area contributed by atoms with Crippen molar-refractivity contribution in [2.45, 2.75) is 6.61 Å². The third-order valence-electron chi connectivity index (χ3n) is 1.34. The Morgan fingerprint density at radius 1 is 1.36 bits per heavy atom. The highest BCUT2D eigenvalue weighted by molar-refractivity contribution is 5.84. The van der Waals surface area contributed by atoms with Gasteiger partial charge in [0.1, 0.15) is 19.0 Å². The molecule has 0 fully saturated rings. The Hall–Kier alpha value is -1.82. The molecular formula is C8H8O6. The maximum atomic E-state index is 10.4. The van der Waals surface area contributed by atoms with Crippen LogP contribution in [0.5, 0.6) is 0 Å². The highest BCUT2D eigenvalue weighted by atomic mass is 16.5. The summed E-state index contributed by atoms with van der Waals surface area (Å²) in [6.45, 7) is -0.497. The quantitative estimate of drug-likeness (QED) is 0.721. The topological polar surface area (TPSA) is 97.0 Å². The predicted molar refractivity (Wildman–Crippen MR) is 43.0 cm³/mol. The third kappa shape index (κ3) is 2.91. The van der Waals surface area contributed by atoms with Crippen LogP contribution in [0.25, 0.3) is 0 Å². The second kappa shape index (κ2) is 4.43. The zero-order valence-electron chi connectivity index (χ0n) is 7.10. The van der Waals surface area contributed by atoms with Crippen molar-refractivity contribution in [3.8, 4) is 0 Å². The molecule has 0 atom stereocenters. The van der Waals surface area contributed by atoms with Crippen LogP contribution in [0, 0.1) is 0 Å². The summed E-state index contributed by atoms with van der Waals surface area (Å²) in [5.41, 5.74) is 0. The fraction of sp³-hybridized carbons (Fsp3) is 0.250. The van der Waals surface area contributed by atoms with Gasteiger partial charge in [0.05, 0.1) is 0 Å². The molecular weight excluding hydrogens is 192 g/mol. The molecule has 0 aromatic carbocycles. The predicted octanol–water partition coefficient (Wildman–Crippen LogP) is 0.579. The molecule has 6 nitrogen and oxygen atoms in total. The lowest BCUT2D eigenvalue weighted by molar-refractivity contribution is -0.142. The summed E-state index contributed by atoms with van der Waals surface area (Å²) < 4.78 is 9.50. The van der Waals surface area contributed by atoms with E-state index in [-0.39, 0.29) is 18.1 Å². The van der Waals surface area contributed by atoms with Crippen molar-refractivity contribution < 1.29 is 29.0 Å². The van der Waals surface area contributed by atoms with E-state index in [1.54, 1.807) is 0 Å². The summed E-state index contributed by atoms with van der Waals surface area (Å²) in [5, 5.41) is 16.7. The molecule has 0 amide bonds. The minimum Gasteiger partial charge on any atom is -0.480 e. The number of carboxylic acids is 2. The fourth-order valence-electron chi connectivity index (χ4n) is 0.809. The van der Waals surface area contributed by atoms with Gasteiger partial charge in [0.25, 0.3) is 0 Å². The lowest BCUT2D eigenvalue weighted by Gasteiger charge is -1.96. The van der Waals surface area contributed by atoms with Gasteiger partial charge in [0.15, 0.2) is 0 Å². The van der Waals surface area contributed by atoms with Gasteiger partial charge in [-0.05, 0) is 12.1 Å². The van der Waals surface area contributed by atoms with E-state index < -0.39 is 18.5 Å². The van der Waals surface area contributed by atoms with Crippen LogP contribution in [-0.2, 0) is 16.1 Å². The molecule has 0 saturated carbocycles. The van der Waals surface area contributed by atoms with Crippen molar-refractivity contribution in [2.75, 3.05) is 6.61 Å². The van der Waals surface area contributed by atoms with Gasteiger partial charge >= 0.3 is 11.9 Å². The Balaban J connectivity index is 2.44. The lowest BCUT2D eigenvalue weighted by Crippen LogP contribution is -2.06. The first-order valence-corrected chi connectivity index (χ1v) is 3.71. The Morgan fingerprint density at radius 3 is 2.57 bits per heavy atom. The number of furan rings is 1. The summed E-state index contributed by atoms with van der Waals surface area (Å²) in [6, 6.07) is 2.70. The van der Waals surface area contributed by atoms with Gasteiger partial charge < -0.3 is 19.4 Å². The number of carbonyl (C=O) groups is 2. The zero-order chi connectivity index (χ0) is 10.6. The standard InChI is InChI=1S/C8H8O6/c9-7(10)4-13-3-5-1-2-6(14-5)8(11)12/h1-2H,3-4H2,(H,9,10)(H,11,12). The Morgan fingerprint density at radius 2 is 2.07 bits per heavy atom. The van der Waals surface area contributed by atoms with Gasteiger partial charge in [-0.15, -0.1) is 0 Å². The van der Waals surface area contributed by atoms with Crippen molar-refractivity contribution in [1.29, 1.82) is 0 Å². The number of ether oxygens (including phenoxy) is 1. The van der Waals surface area contributed by atoms with Crippen molar-refractivity contribution in [1.82, 2.24) is 0 Å². The van der Waals surface area contributed by atoms with E-state index >= 15 is 0 Å². The number of hydrogen-bond acceptors (Lipinski definition) is 4. The van der Waals surface area contributed by atoms with Crippen LogP contribution in [0.3, 0.4) is 0 Å². The summed E-state index contributed by atoms with van der Waals surface area (Å²) in [5.74, 6) is -2.17. The van der Waals surface area contributed by atoms with Gasteiger partial charge in [-0.25, -0.2) is 9.59 Å².